The summed E-state index contributed by atoms with van der Waals surface area (Å²) in [5, 5.41) is 11.9. The van der Waals surface area contributed by atoms with Crippen molar-refractivity contribution in [1.29, 1.82) is 0 Å². The standard InChI is InChI=1S/C21H17F2N5/c1-12-10-28-11-15(7-18(23)21(28)25-12)19-9-16-17(22)6-14(8-20(16)27-26-19)13-2-4-24-5-3-13/h2,4,6-11,13,24H,3,5H2,1H3. The highest BCUT2D eigenvalue weighted by atomic mass is 19.1. The van der Waals surface area contributed by atoms with Gasteiger partial charge in [-0.3, -0.25) is 0 Å². The molecule has 1 atom stereocenters. The number of aryl methyl sites for hydroxylation is 1. The molecule has 5 rings (SSSR count). The van der Waals surface area contributed by atoms with Gasteiger partial charge in [-0.25, -0.2) is 13.8 Å². The fourth-order valence-electron chi connectivity index (χ4n) is 3.68. The Kier molecular flexibility index (Phi) is 3.82. The number of imidazole rings is 1. The molecule has 1 aliphatic rings. The molecule has 3 aromatic heterocycles. The van der Waals surface area contributed by atoms with Crippen molar-refractivity contribution >= 4 is 16.6 Å². The Morgan fingerprint density at radius 2 is 1.96 bits per heavy atom. The minimum absolute atomic E-state index is 0.155. The van der Waals surface area contributed by atoms with Crippen LogP contribution in [0.5, 0.6) is 0 Å². The molecule has 1 aromatic carbocycles. The first-order valence-electron chi connectivity index (χ1n) is 9.10. The lowest BCUT2D eigenvalue weighted by Crippen LogP contribution is -2.16. The largest absolute Gasteiger partial charge is 0.391 e. The van der Waals surface area contributed by atoms with Crippen molar-refractivity contribution < 1.29 is 8.78 Å². The average molecular weight is 377 g/mol. The van der Waals surface area contributed by atoms with Crippen LogP contribution in [0.3, 0.4) is 0 Å². The molecule has 0 saturated heterocycles. The smallest absolute Gasteiger partial charge is 0.173 e. The van der Waals surface area contributed by atoms with Gasteiger partial charge >= 0.3 is 0 Å². The van der Waals surface area contributed by atoms with Gasteiger partial charge < -0.3 is 9.72 Å². The van der Waals surface area contributed by atoms with Crippen LogP contribution in [0.25, 0.3) is 27.8 Å². The van der Waals surface area contributed by atoms with Crippen LogP contribution in [-0.2, 0) is 0 Å². The van der Waals surface area contributed by atoms with E-state index in [-0.39, 0.29) is 17.4 Å². The van der Waals surface area contributed by atoms with Gasteiger partial charge in [0, 0.05) is 35.8 Å². The Hall–Kier alpha value is -3.35. The maximum absolute atomic E-state index is 14.8. The van der Waals surface area contributed by atoms with Crippen LogP contribution in [0, 0.1) is 18.6 Å². The van der Waals surface area contributed by atoms with Crippen LogP contribution >= 0.6 is 0 Å². The predicted molar refractivity (Wildman–Crippen MR) is 103 cm³/mol. The second-order valence-electron chi connectivity index (χ2n) is 7.06. The number of benzene rings is 1. The predicted octanol–water partition coefficient (Wildman–Crippen LogP) is 4.12. The third-order valence-electron chi connectivity index (χ3n) is 5.07. The second kappa shape index (κ2) is 6.37. The summed E-state index contributed by atoms with van der Waals surface area (Å²) in [6.07, 6.45) is 8.28. The molecule has 4 heterocycles. The summed E-state index contributed by atoms with van der Waals surface area (Å²) in [5.41, 5.74) is 3.26. The number of halogens is 2. The van der Waals surface area contributed by atoms with E-state index < -0.39 is 5.82 Å². The van der Waals surface area contributed by atoms with E-state index in [9.17, 15) is 8.78 Å². The van der Waals surface area contributed by atoms with Crippen LogP contribution in [0.4, 0.5) is 8.78 Å². The first kappa shape index (κ1) is 16.8. The third kappa shape index (κ3) is 2.79. The molecule has 28 heavy (non-hydrogen) atoms. The van der Waals surface area contributed by atoms with E-state index in [0.717, 1.165) is 18.5 Å². The highest BCUT2D eigenvalue weighted by Crippen LogP contribution is 2.29. The van der Waals surface area contributed by atoms with Crippen molar-refractivity contribution in [2.24, 2.45) is 0 Å². The SMILES string of the molecule is Cc1cn2cc(-c3cc4c(F)cc(C5C=CNCC5)cc4nn3)cc(F)c2n1. The molecule has 0 bridgehead atoms. The fraction of sp³-hybridized carbons (Fsp3) is 0.190. The van der Waals surface area contributed by atoms with Gasteiger partial charge in [0.05, 0.1) is 16.9 Å². The van der Waals surface area contributed by atoms with Gasteiger partial charge in [0.2, 0.25) is 0 Å². The van der Waals surface area contributed by atoms with Gasteiger partial charge in [-0.05, 0) is 49.4 Å². The average Bonchev–Trinajstić information content (AvgIpc) is 3.09. The Morgan fingerprint density at radius 3 is 2.79 bits per heavy atom. The van der Waals surface area contributed by atoms with E-state index in [1.165, 1.54) is 6.07 Å². The lowest BCUT2D eigenvalue weighted by Gasteiger charge is -2.18. The quantitative estimate of drug-likeness (QED) is 0.571. The highest BCUT2D eigenvalue weighted by Gasteiger charge is 2.16. The molecule has 0 spiro atoms. The van der Waals surface area contributed by atoms with E-state index in [0.29, 0.717) is 27.9 Å². The molecule has 0 amide bonds. The van der Waals surface area contributed by atoms with Crippen molar-refractivity contribution in [2.75, 3.05) is 6.54 Å². The zero-order valence-electron chi connectivity index (χ0n) is 15.2. The monoisotopic (exact) mass is 377 g/mol. The minimum atomic E-state index is -0.457. The van der Waals surface area contributed by atoms with Crippen molar-refractivity contribution in [3.8, 4) is 11.3 Å². The summed E-state index contributed by atoms with van der Waals surface area (Å²) in [5.74, 6) is -0.653. The summed E-state index contributed by atoms with van der Waals surface area (Å²) < 4.78 is 30.8. The Labute approximate surface area is 159 Å². The summed E-state index contributed by atoms with van der Waals surface area (Å²) in [7, 11) is 0. The molecule has 5 nitrogen and oxygen atoms in total. The van der Waals surface area contributed by atoms with Gasteiger partial charge in [0.25, 0.3) is 0 Å². The van der Waals surface area contributed by atoms with Crippen LogP contribution in [0.1, 0.15) is 23.6 Å². The zero-order chi connectivity index (χ0) is 19.3. The van der Waals surface area contributed by atoms with Gasteiger partial charge in [0.15, 0.2) is 11.5 Å². The number of allylic oxidation sites excluding steroid dienone is 1. The summed E-state index contributed by atoms with van der Waals surface area (Å²) >= 11 is 0. The Morgan fingerprint density at radius 1 is 1.07 bits per heavy atom. The Bertz CT molecular complexity index is 1240. The van der Waals surface area contributed by atoms with E-state index in [1.807, 2.05) is 18.3 Å². The number of aromatic nitrogens is 4. The first-order chi connectivity index (χ1) is 13.6. The summed E-state index contributed by atoms with van der Waals surface area (Å²) in [6, 6.07) is 6.39. The number of pyridine rings is 1. The molecule has 0 aliphatic carbocycles. The van der Waals surface area contributed by atoms with Crippen molar-refractivity contribution in [3.05, 3.63) is 71.8 Å². The molecule has 1 unspecified atom stereocenters. The lowest BCUT2D eigenvalue weighted by atomic mass is 9.93. The topological polar surface area (TPSA) is 55.1 Å². The maximum Gasteiger partial charge on any atom is 0.173 e. The van der Waals surface area contributed by atoms with E-state index in [2.05, 4.69) is 20.5 Å². The normalized spacial score (nSPS) is 16.6. The van der Waals surface area contributed by atoms with Gasteiger partial charge in [-0.1, -0.05) is 6.08 Å². The summed E-state index contributed by atoms with van der Waals surface area (Å²) in [6.45, 7) is 2.65. The van der Waals surface area contributed by atoms with Crippen molar-refractivity contribution in [3.63, 3.8) is 0 Å². The summed E-state index contributed by atoms with van der Waals surface area (Å²) in [4.78, 5) is 4.15. The van der Waals surface area contributed by atoms with Gasteiger partial charge in [0.1, 0.15) is 5.82 Å². The number of rotatable bonds is 2. The second-order valence-corrected chi connectivity index (χ2v) is 7.06. The molecule has 0 fully saturated rings. The van der Waals surface area contributed by atoms with Crippen LogP contribution < -0.4 is 5.32 Å². The minimum Gasteiger partial charge on any atom is -0.391 e. The molecule has 140 valence electrons. The van der Waals surface area contributed by atoms with Crippen LogP contribution in [0.15, 0.2) is 48.9 Å². The van der Waals surface area contributed by atoms with Gasteiger partial charge in [-0.15, -0.1) is 10.2 Å². The Balaban J connectivity index is 1.61. The molecule has 0 saturated carbocycles. The van der Waals surface area contributed by atoms with Crippen molar-refractivity contribution in [1.82, 2.24) is 24.9 Å². The van der Waals surface area contributed by atoms with E-state index >= 15 is 0 Å². The van der Waals surface area contributed by atoms with Crippen molar-refractivity contribution in [2.45, 2.75) is 19.3 Å². The third-order valence-corrected chi connectivity index (χ3v) is 5.07. The lowest BCUT2D eigenvalue weighted by molar-refractivity contribution is 0.624. The van der Waals surface area contributed by atoms with Crippen LogP contribution in [0.2, 0.25) is 0 Å². The number of nitrogens with zero attached hydrogens (tertiary/aromatic N) is 4. The zero-order valence-corrected chi connectivity index (χ0v) is 15.2. The fourth-order valence-corrected chi connectivity index (χ4v) is 3.68. The number of nitrogens with one attached hydrogen (secondary N) is 1. The number of hydrogen-bond donors (Lipinski definition) is 1. The molecule has 1 aliphatic heterocycles. The molecule has 4 aromatic rings. The molecular formula is C21H17F2N5. The molecule has 1 N–H and O–H groups in total. The first-order valence-corrected chi connectivity index (χ1v) is 9.10. The number of fused-ring (bicyclic) bond motifs is 2. The maximum atomic E-state index is 14.8. The molecule has 7 heteroatoms. The van der Waals surface area contributed by atoms with E-state index in [4.69, 9.17) is 0 Å². The van der Waals surface area contributed by atoms with Gasteiger partial charge in [-0.2, -0.15) is 0 Å². The molecule has 0 radical (unpaired) electrons. The number of hydrogen-bond acceptors (Lipinski definition) is 4. The van der Waals surface area contributed by atoms with E-state index in [1.54, 1.807) is 35.9 Å². The molecular weight excluding hydrogens is 360 g/mol. The van der Waals surface area contributed by atoms with Crippen LogP contribution in [-0.4, -0.2) is 26.1 Å². The highest BCUT2D eigenvalue weighted by molar-refractivity contribution is 5.83.